The van der Waals surface area contributed by atoms with Crippen LogP contribution in [0.1, 0.15) is 38.0 Å². The van der Waals surface area contributed by atoms with Gasteiger partial charge in [0.15, 0.2) is 5.78 Å². The lowest BCUT2D eigenvalue weighted by molar-refractivity contribution is 0.100. The molecule has 0 spiro atoms. The highest BCUT2D eigenvalue weighted by atomic mass is 19.1. The zero-order chi connectivity index (χ0) is 21.0. The summed E-state index contributed by atoms with van der Waals surface area (Å²) < 4.78 is 26.7. The van der Waals surface area contributed by atoms with Crippen LogP contribution in [-0.4, -0.2) is 22.6 Å². The maximum Gasteiger partial charge on any atom is 0.257 e. The van der Waals surface area contributed by atoms with Crippen molar-refractivity contribution >= 4 is 29.0 Å². The summed E-state index contributed by atoms with van der Waals surface area (Å²) in [5.41, 5.74) is 0.748. The topological polar surface area (TPSA) is 88.2 Å². The van der Waals surface area contributed by atoms with Gasteiger partial charge < -0.3 is 10.6 Å². The summed E-state index contributed by atoms with van der Waals surface area (Å²) in [7, 11) is 0. The van der Waals surface area contributed by atoms with Gasteiger partial charge in [0.25, 0.3) is 11.8 Å². The second kappa shape index (κ2) is 8.39. The van der Waals surface area contributed by atoms with Gasteiger partial charge in [-0.3, -0.25) is 19.4 Å². The molecular formula is C21H15F2N3O3. The quantitative estimate of drug-likeness (QED) is 0.638. The average Bonchev–Trinajstić information content (AvgIpc) is 2.70. The Morgan fingerprint density at radius 1 is 0.828 bits per heavy atom. The molecular weight excluding hydrogens is 380 g/mol. The number of benzene rings is 2. The van der Waals surface area contributed by atoms with E-state index in [-0.39, 0.29) is 22.6 Å². The van der Waals surface area contributed by atoms with Crippen LogP contribution in [0.5, 0.6) is 0 Å². The van der Waals surface area contributed by atoms with E-state index >= 15 is 0 Å². The van der Waals surface area contributed by atoms with Crippen molar-refractivity contribution in [2.24, 2.45) is 0 Å². The molecule has 0 atom stereocenters. The van der Waals surface area contributed by atoms with Crippen LogP contribution in [0.3, 0.4) is 0 Å². The van der Waals surface area contributed by atoms with E-state index in [0.717, 1.165) is 12.1 Å². The summed E-state index contributed by atoms with van der Waals surface area (Å²) in [5.74, 6) is -3.09. The van der Waals surface area contributed by atoms with E-state index < -0.39 is 23.4 Å². The highest BCUT2D eigenvalue weighted by Gasteiger charge is 2.14. The fourth-order valence-corrected chi connectivity index (χ4v) is 2.49. The van der Waals surface area contributed by atoms with Crippen LogP contribution in [0.2, 0.25) is 0 Å². The van der Waals surface area contributed by atoms with Gasteiger partial charge in [-0.1, -0.05) is 12.1 Å². The molecule has 0 saturated carbocycles. The summed E-state index contributed by atoms with van der Waals surface area (Å²) in [6.45, 7) is 1.41. The number of ketones is 1. The fraction of sp³-hybridized carbons (Fsp3) is 0.0476. The Hall–Kier alpha value is -3.94. The standard InChI is InChI=1S/C21H15F2N3O3/c1-12(27)13-3-2-4-17(8-13)25-20(28)14-7-15(11-24-10-14)21(29)26-19-6-5-16(22)9-18(19)23/h2-11H,1H3,(H,25,28)(H,26,29). The van der Waals surface area contributed by atoms with Crippen molar-refractivity contribution in [1.29, 1.82) is 0 Å². The number of rotatable bonds is 5. The molecule has 2 amide bonds. The molecule has 0 aliphatic heterocycles. The lowest BCUT2D eigenvalue weighted by Gasteiger charge is -2.09. The van der Waals surface area contributed by atoms with Gasteiger partial charge in [0, 0.05) is 29.7 Å². The molecule has 0 unspecified atom stereocenters. The van der Waals surface area contributed by atoms with E-state index in [4.69, 9.17) is 0 Å². The van der Waals surface area contributed by atoms with Crippen LogP contribution < -0.4 is 10.6 Å². The monoisotopic (exact) mass is 395 g/mol. The van der Waals surface area contributed by atoms with Gasteiger partial charge in [0.05, 0.1) is 16.8 Å². The van der Waals surface area contributed by atoms with Crippen LogP contribution >= 0.6 is 0 Å². The number of nitrogens with zero attached hydrogens (tertiary/aromatic N) is 1. The highest BCUT2D eigenvalue weighted by molar-refractivity contribution is 6.08. The number of amides is 2. The molecule has 29 heavy (non-hydrogen) atoms. The normalized spacial score (nSPS) is 10.3. The summed E-state index contributed by atoms with van der Waals surface area (Å²) in [6.07, 6.45) is 2.48. The molecule has 2 aromatic carbocycles. The Morgan fingerprint density at radius 2 is 1.52 bits per heavy atom. The van der Waals surface area contributed by atoms with Crippen molar-refractivity contribution < 1.29 is 23.2 Å². The Morgan fingerprint density at radius 3 is 2.17 bits per heavy atom. The molecule has 1 aromatic heterocycles. The molecule has 3 aromatic rings. The Bertz CT molecular complexity index is 1120. The SMILES string of the molecule is CC(=O)c1cccc(NC(=O)c2cncc(C(=O)Nc3ccc(F)cc3F)c2)c1. The van der Waals surface area contributed by atoms with Crippen molar-refractivity contribution in [3.63, 3.8) is 0 Å². The first-order chi connectivity index (χ1) is 13.8. The lowest BCUT2D eigenvalue weighted by Crippen LogP contribution is -2.17. The number of aromatic nitrogens is 1. The van der Waals surface area contributed by atoms with Gasteiger partial charge in [-0.15, -0.1) is 0 Å². The van der Waals surface area contributed by atoms with Gasteiger partial charge in [0.2, 0.25) is 0 Å². The van der Waals surface area contributed by atoms with Gasteiger partial charge in [-0.25, -0.2) is 8.78 Å². The van der Waals surface area contributed by atoms with Crippen molar-refractivity contribution in [3.8, 4) is 0 Å². The minimum atomic E-state index is -0.925. The molecule has 3 rings (SSSR count). The van der Waals surface area contributed by atoms with Crippen LogP contribution in [0.15, 0.2) is 60.9 Å². The van der Waals surface area contributed by atoms with E-state index in [0.29, 0.717) is 17.3 Å². The molecule has 0 radical (unpaired) electrons. The first kappa shape index (κ1) is 19.8. The fourth-order valence-electron chi connectivity index (χ4n) is 2.49. The Kier molecular flexibility index (Phi) is 5.73. The van der Waals surface area contributed by atoms with Crippen LogP contribution in [0.4, 0.5) is 20.2 Å². The summed E-state index contributed by atoms with van der Waals surface area (Å²) in [5, 5.41) is 4.92. The number of hydrogen-bond acceptors (Lipinski definition) is 4. The minimum Gasteiger partial charge on any atom is -0.322 e. The average molecular weight is 395 g/mol. The van der Waals surface area contributed by atoms with Crippen molar-refractivity contribution in [3.05, 3.63) is 89.2 Å². The Labute approximate surface area is 164 Å². The number of halogens is 2. The summed E-state index contributed by atoms with van der Waals surface area (Å²) >= 11 is 0. The molecule has 6 nitrogen and oxygen atoms in total. The number of pyridine rings is 1. The second-order valence-electron chi connectivity index (χ2n) is 6.13. The highest BCUT2D eigenvalue weighted by Crippen LogP contribution is 2.17. The number of carbonyl (C=O) groups excluding carboxylic acids is 3. The van der Waals surface area contributed by atoms with E-state index in [1.54, 1.807) is 18.2 Å². The van der Waals surface area contributed by atoms with Gasteiger partial charge in [-0.2, -0.15) is 0 Å². The number of nitrogens with one attached hydrogen (secondary N) is 2. The third kappa shape index (κ3) is 4.86. The van der Waals surface area contributed by atoms with Gasteiger partial charge in [-0.05, 0) is 37.3 Å². The third-order valence-electron chi connectivity index (χ3n) is 3.97. The molecule has 0 aliphatic rings. The third-order valence-corrected chi connectivity index (χ3v) is 3.97. The smallest absolute Gasteiger partial charge is 0.257 e. The van der Waals surface area contributed by atoms with Gasteiger partial charge in [0.1, 0.15) is 11.6 Å². The van der Waals surface area contributed by atoms with Crippen LogP contribution in [0, 0.1) is 11.6 Å². The molecule has 146 valence electrons. The van der Waals surface area contributed by atoms with Crippen molar-refractivity contribution in [2.75, 3.05) is 10.6 Å². The molecule has 0 bridgehead atoms. The predicted octanol–water partition coefficient (Wildman–Crippen LogP) is 4.07. The summed E-state index contributed by atoms with van der Waals surface area (Å²) in [6, 6.07) is 10.4. The van der Waals surface area contributed by atoms with Crippen molar-refractivity contribution in [2.45, 2.75) is 6.92 Å². The number of anilines is 2. The zero-order valence-corrected chi connectivity index (χ0v) is 15.2. The molecule has 8 heteroatoms. The maximum absolute atomic E-state index is 13.7. The molecule has 0 saturated heterocycles. The van der Waals surface area contributed by atoms with E-state index in [1.807, 2.05) is 0 Å². The van der Waals surface area contributed by atoms with E-state index in [1.165, 1.54) is 31.5 Å². The molecule has 2 N–H and O–H groups in total. The van der Waals surface area contributed by atoms with Crippen molar-refractivity contribution in [1.82, 2.24) is 4.98 Å². The zero-order valence-electron chi connectivity index (χ0n) is 15.2. The largest absolute Gasteiger partial charge is 0.322 e. The number of Topliss-reactive ketones (excluding diaryl/α,β-unsaturated/α-hetero) is 1. The van der Waals surface area contributed by atoms with E-state index in [2.05, 4.69) is 15.6 Å². The van der Waals surface area contributed by atoms with Crippen LogP contribution in [-0.2, 0) is 0 Å². The second-order valence-corrected chi connectivity index (χ2v) is 6.13. The first-order valence-corrected chi connectivity index (χ1v) is 8.47. The first-order valence-electron chi connectivity index (χ1n) is 8.47. The lowest BCUT2D eigenvalue weighted by atomic mass is 10.1. The number of carbonyl (C=O) groups is 3. The molecule has 0 aliphatic carbocycles. The predicted molar refractivity (Wildman–Crippen MR) is 103 cm³/mol. The minimum absolute atomic E-state index is 0.0128. The van der Waals surface area contributed by atoms with Gasteiger partial charge >= 0.3 is 0 Å². The van der Waals surface area contributed by atoms with E-state index in [9.17, 15) is 23.2 Å². The van der Waals surface area contributed by atoms with Crippen LogP contribution in [0.25, 0.3) is 0 Å². The maximum atomic E-state index is 13.7. The molecule has 1 heterocycles. The Balaban J connectivity index is 1.76. The number of hydrogen-bond donors (Lipinski definition) is 2. The summed E-state index contributed by atoms with van der Waals surface area (Å²) in [4.78, 5) is 40.1. The molecule has 0 fully saturated rings.